The number of benzene rings is 1. The summed E-state index contributed by atoms with van der Waals surface area (Å²) in [7, 11) is -3.68. The van der Waals surface area contributed by atoms with Crippen LogP contribution in [-0.2, 0) is 14.8 Å². The second-order valence-electron chi connectivity index (χ2n) is 8.44. The van der Waals surface area contributed by atoms with Crippen LogP contribution in [0.3, 0.4) is 0 Å². The Bertz CT molecular complexity index is 1290. The number of thiophene rings is 1. The van der Waals surface area contributed by atoms with Crippen LogP contribution < -0.4 is 5.32 Å². The van der Waals surface area contributed by atoms with Crippen molar-refractivity contribution in [3.8, 4) is 10.7 Å². The Balaban J connectivity index is 1.25. The van der Waals surface area contributed by atoms with Crippen molar-refractivity contribution >= 4 is 44.6 Å². The molecule has 0 bridgehead atoms. The van der Waals surface area contributed by atoms with Gasteiger partial charge in [0, 0.05) is 40.5 Å². The summed E-state index contributed by atoms with van der Waals surface area (Å²) < 4.78 is 33.4. The van der Waals surface area contributed by atoms with E-state index >= 15 is 0 Å². The fourth-order valence-electron chi connectivity index (χ4n) is 3.97. The molecule has 1 aliphatic heterocycles. The molecule has 1 N–H and O–H groups in total. The van der Waals surface area contributed by atoms with Gasteiger partial charge < -0.3 is 9.84 Å². The molecule has 1 aromatic carbocycles. The first-order valence-electron chi connectivity index (χ1n) is 10.8. The van der Waals surface area contributed by atoms with Crippen LogP contribution in [0, 0.1) is 12.8 Å². The molecule has 3 heterocycles. The van der Waals surface area contributed by atoms with Gasteiger partial charge in [-0.2, -0.15) is 9.29 Å². The Hall–Kier alpha value is -2.27. The normalized spacial score (nSPS) is 17.9. The lowest BCUT2D eigenvalue weighted by molar-refractivity contribution is -0.120. The second kappa shape index (κ2) is 8.83. The number of piperidine rings is 1. The lowest BCUT2D eigenvalue weighted by atomic mass is 9.97. The fraction of sp³-hybridized carbons (Fsp3) is 0.409. The van der Waals surface area contributed by atoms with Crippen molar-refractivity contribution in [1.29, 1.82) is 0 Å². The number of amides is 1. The van der Waals surface area contributed by atoms with E-state index in [0.717, 1.165) is 12.8 Å². The van der Waals surface area contributed by atoms with E-state index < -0.39 is 10.0 Å². The number of aryl methyl sites for hydroxylation is 1. The average Bonchev–Trinajstić information content (AvgIpc) is 3.38. The van der Waals surface area contributed by atoms with Crippen molar-refractivity contribution in [1.82, 2.24) is 14.4 Å². The van der Waals surface area contributed by atoms with E-state index in [1.165, 1.54) is 15.6 Å². The highest BCUT2D eigenvalue weighted by atomic mass is 35.5. The van der Waals surface area contributed by atoms with Crippen LogP contribution in [0.25, 0.3) is 10.7 Å². The number of halogens is 1. The van der Waals surface area contributed by atoms with Crippen molar-refractivity contribution in [2.45, 2.75) is 43.4 Å². The van der Waals surface area contributed by atoms with Crippen molar-refractivity contribution < 1.29 is 17.7 Å². The van der Waals surface area contributed by atoms with Gasteiger partial charge in [0.25, 0.3) is 0 Å². The maximum atomic E-state index is 13.3. The van der Waals surface area contributed by atoms with Crippen LogP contribution in [0.2, 0.25) is 5.02 Å². The first-order valence-corrected chi connectivity index (χ1v) is 13.5. The number of aromatic nitrogens is 2. The third-order valence-corrected chi connectivity index (χ3v) is 9.43. The standard InChI is InChI=1S/C22H23ClN4O4S2/c1-13-19(12-18(32-13)20-25-22(31-26-20)15-5-6-15)33(29,30)27-9-7-14(8-10-27)21(28)24-17-4-2-3-16(23)11-17/h2-4,11-12,14-15H,5-10H2,1H3,(H,24,28). The maximum Gasteiger partial charge on any atom is 0.244 e. The highest BCUT2D eigenvalue weighted by Gasteiger charge is 2.35. The zero-order valence-corrected chi connectivity index (χ0v) is 20.3. The molecule has 3 aromatic rings. The molecule has 2 aliphatic rings. The van der Waals surface area contributed by atoms with E-state index in [1.54, 1.807) is 37.3 Å². The summed E-state index contributed by atoms with van der Waals surface area (Å²) >= 11 is 7.32. The van der Waals surface area contributed by atoms with E-state index in [4.69, 9.17) is 16.1 Å². The molecule has 11 heteroatoms. The number of nitrogens with zero attached hydrogens (tertiary/aromatic N) is 3. The van der Waals surface area contributed by atoms with Gasteiger partial charge in [0.05, 0.1) is 9.77 Å². The largest absolute Gasteiger partial charge is 0.339 e. The fourth-order valence-corrected chi connectivity index (χ4v) is 7.12. The molecular formula is C22H23ClN4O4S2. The second-order valence-corrected chi connectivity index (χ2v) is 12.0. The highest BCUT2D eigenvalue weighted by molar-refractivity contribution is 7.89. The van der Waals surface area contributed by atoms with E-state index in [2.05, 4.69) is 15.5 Å². The van der Waals surface area contributed by atoms with Crippen molar-refractivity contribution in [3.63, 3.8) is 0 Å². The summed E-state index contributed by atoms with van der Waals surface area (Å²) in [6.07, 6.45) is 3.02. The molecule has 0 spiro atoms. The number of rotatable bonds is 6. The summed E-state index contributed by atoms with van der Waals surface area (Å²) in [4.78, 5) is 18.7. The number of sulfonamides is 1. The first-order chi connectivity index (χ1) is 15.8. The van der Waals surface area contributed by atoms with Gasteiger partial charge in [-0.15, -0.1) is 11.3 Å². The molecule has 8 nitrogen and oxygen atoms in total. The Labute approximate surface area is 201 Å². The van der Waals surface area contributed by atoms with Gasteiger partial charge in [-0.1, -0.05) is 22.8 Å². The third kappa shape index (κ3) is 4.70. The number of hydrogen-bond acceptors (Lipinski definition) is 7. The van der Waals surface area contributed by atoms with Crippen LogP contribution in [0.15, 0.2) is 39.8 Å². The summed E-state index contributed by atoms with van der Waals surface area (Å²) in [5, 5.41) is 7.44. The molecule has 1 amide bonds. The molecule has 0 atom stereocenters. The smallest absolute Gasteiger partial charge is 0.244 e. The minimum Gasteiger partial charge on any atom is -0.339 e. The molecular weight excluding hydrogens is 484 g/mol. The van der Waals surface area contributed by atoms with Gasteiger partial charge in [0.2, 0.25) is 27.6 Å². The summed E-state index contributed by atoms with van der Waals surface area (Å²) in [5.74, 6) is 1.02. The number of hydrogen-bond donors (Lipinski definition) is 1. The summed E-state index contributed by atoms with van der Waals surface area (Å²) in [6, 6.07) is 8.61. The Morgan fingerprint density at radius 3 is 2.67 bits per heavy atom. The molecule has 174 valence electrons. The molecule has 1 saturated carbocycles. The number of carbonyl (C=O) groups excluding carboxylic acids is 1. The van der Waals surface area contributed by atoms with Crippen LogP contribution >= 0.6 is 22.9 Å². The predicted octanol–water partition coefficient (Wildman–Crippen LogP) is 4.68. The van der Waals surface area contributed by atoms with Crippen molar-refractivity contribution in [2.75, 3.05) is 18.4 Å². The number of carbonyl (C=O) groups is 1. The SMILES string of the molecule is Cc1sc(-c2noc(C3CC3)n2)cc1S(=O)(=O)N1CCC(C(=O)Nc2cccc(Cl)c2)CC1. The van der Waals surface area contributed by atoms with Gasteiger partial charge in [0.15, 0.2) is 0 Å². The van der Waals surface area contributed by atoms with Gasteiger partial charge in [-0.3, -0.25) is 4.79 Å². The van der Waals surface area contributed by atoms with Crippen molar-refractivity contribution in [3.05, 3.63) is 46.1 Å². The quantitative estimate of drug-likeness (QED) is 0.520. The Kier molecular flexibility index (Phi) is 6.02. The van der Waals surface area contributed by atoms with Gasteiger partial charge in [0.1, 0.15) is 0 Å². The van der Waals surface area contributed by atoms with Crippen molar-refractivity contribution in [2.24, 2.45) is 5.92 Å². The minimum atomic E-state index is -3.68. The van der Waals surface area contributed by atoms with E-state index in [-0.39, 0.29) is 29.8 Å². The highest BCUT2D eigenvalue weighted by Crippen LogP contribution is 2.41. The van der Waals surface area contributed by atoms with E-state index in [0.29, 0.717) is 50.9 Å². The molecule has 2 fully saturated rings. The van der Waals surface area contributed by atoms with Gasteiger partial charge in [-0.25, -0.2) is 8.42 Å². The Morgan fingerprint density at radius 2 is 1.97 bits per heavy atom. The molecule has 5 rings (SSSR count). The minimum absolute atomic E-state index is 0.119. The first kappa shape index (κ1) is 22.5. The van der Waals surface area contributed by atoms with Crippen LogP contribution in [0.1, 0.15) is 42.4 Å². The zero-order chi connectivity index (χ0) is 23.2. The lowest BCUT2D eigenvalue weighted by Gasteiger charge is -2.30. The van der Waals surface area contributed by atoms with Gasteiger partial charge >= 0.3 is 0 Å². The molecule has 2 aromatic heterocycles. The molecule has 33 heavy (non-hydrogen) atoms. The number of anilines is 1. The monoisotopic (exact) mass is 506 g/mol. The summed E-state index contributed by atoms with van der Waals surface area (Å²) in [6.45, 7) is 2.36. The third-order valence-electron chi connectivity index (χ3n) is 6.00. The molecule has 1 saturated heterocycles. The molecule has 0 radical (unpaired) electrons. The topological polar surface area (TPSA) is 105 Å². The van der Waals surface area contributed by atoms with Crippen LogP contribution in [0.5, 0.6) is 0 Å². The predicted molar refractivity (Wildman–Crippen MR) is 126 cm³/mol. The number of nitrogens with one attached hydrogen (secondary N) is 1. The van der Waals surface area contributed by atoms with E-state index in [1.807, 2.05) is 0 Å². The summed E-state index contributed by atoms with van der Waals surface area (Å²) in [5.41, 5.74) is 0.635. The maximum absolute atomic E-state index is 13.3. The zero-order valence-electron chi connectivity index (χ0n) is 18.0. The average molecular weight is 507 g/mol. The van der Waals surface area contributed by atoms with E-state index in [9.17, 15) is 13.2 Å². The molecule has 1 aliphatic carbocycles. The Morgan fingerprint density at radius 1 is 1.21 bits per heavy atom. The van der Waals surface area contributed by atoms with Gasteiger partial charge in [-0.05, 0) is 56.9 Å². The van der Waals surface area contributed by atoms with Crippen LogP contribution in [-0.4, -0.2) is 41.9 Å². The molecule has 0 unspecified atom stereocenters. The van der Waals surface area contributed by atoms with Crippen LogP contribution in [0.4, 0.5) is 5.69 Å². The lowest BCUT2D eigenvalue weighted by Crippen LogP contribution is -2.41.